The van der Waals surface area contributed by atoms with E-state index in [1.165, 1.54) is 0 Å². The number of aliphatic hydroxyl groups is 2. The third-order valence-electron chi connectivity index (χ3n) is 5.20. The molecule has 1 saturated carbocycles. The van der Waals surface area contributed by atoms with Crippen LogP contribution in [-0.2, 0) is 4.79 Å². The molecular formula is C15H24O3. The molecule has 3 nitrogen and oxygen atoms in total. The van der Waals surface area contributed by atoms with E-state index in [1.54, 1.807) is 0 Å². The fourth-order valence-corrected chi connectivity index (χ4v) is 3.84. The summed E-state index contributed by atoms with van der Waals surface area (Å²) in [5, 5.41) is 20.8. The van der Waals surface area contributed by atoms with Crippen LogP contribution < -0.4 is 0 Å². The van der Waals surface area contributed by atoms with E-state index in [9.17, 15) is 15.0 Å². The van der Waals surface area contributed by atoms with Gasteiger partial charge in [-0.15, -0.1) is 0 Å². The average Bonchev–Trinajstić information content (AvgIpc) is 2.33. The van der Waals surface area contributed by atoms with Crippen LogP contribution in [-0.4, -0.2) is 28.7 Å². The molecule has 5 atom stereocenters. The number of allylic oxidation sites excluding steroid dienone is 2. The SMILES string of the molecule is CC(C)[C@@H]1CC2C(C=O)=CCC[C@]2(C)[C@H](O)C1O. The Labute approximate surface area is 109 Å². The molecule has 0 heterocycles. The van der Waals surface area contributed by atoms with Gasteiger partial charge in [0.25, 0.3) is 0 Å². The zero-order chi connectivity index (χ0) is 13.5. The molecule has 18 heavy (non-hydrogen) atoms. The standard InChI is InChI=1S/C15H24O3/c1-9(2)11-7-12-10(8-16)5-4-6-15(12,3)14(18)13(11)17/h5,8-9,11-14,17-18H,4,6-7H2,1-3H3/t11-,12?,13?,14+,15-/m0/s1. The van der Waals surface area contributed by atoms with Gasteiger partial charge in [0.15, 0.2) is 0 Å². The highest BCUT2D eigenvalue weighted by Gasteiger charge is 2.53. The number of hydrogen-bond donors (Lipinski definition) is 2. The van der Waals surface area contributed by atoms with Crippen LogP contribution in [0.25, 0.3) is 0 Å². The predicted octanol–water partition coefficient (Wildman–Crippen LogP) is 1.93. The molecular weight excluding hydrogens is 228 g/mol. The number of fused-ring (bicyclic) bond motifs is 1. The molecule has 102 valence electrons. The van der Waals surface area contributed by atoms with E-state index in [0.29, 0.717) is 5.92 Å². The van der Waals surface area contributed by atoms with E-state index < -0.39 is 12.2 Å². The Morgan fingerprint density at radius 1 is 1.44 bits per heavy atom. The topological polar surface area (TPSA) is 57.5 Å². The van der Waals surface area contributed by atoms with E-state index in [-0.39, 0.29) is 17.3 Å². The Balaban J connectivity index is 2.36. The van der Waals surface area contributed by atoms with Crippen molar-refractivity contribution in [1.29, 1.82) is 0 Å². The molecule has 3 heteroatoms. The number of hydrogen-bond acceptors (Lipinski definition) is 3. The minimum absolute atomic E-state index is 0.0690. The van der Waals surface area contributed by atoms with Gasteiger partial charge in [0, 0.05) is 5.41 Å². The van der Waals surface area contributed by atoms with Gasteiger partial charge in [0.1, 0.15) is 6.29 Å². The molecule has 0 aromatic rings. The molecule has 2 rings (SSSR count). The first kappa shape index (κ1) is 13.8. The zero-order valence-corrected chi connectivity index (χ0v) is 11.5. The highest BCUT2D eigenvalue weighted by molar-refractivity contribution is 5.74. The maximum absolute atomic E-state index is 11.2. The van der Waals surface area contributed by atoms with Crippen LogP contribution in [0.5, 0.6) is 0 Å². The van der Waals surface area contributed by atoms with Gasteiger partial charge in [-0.25, -0.2) is 0 Å². The van der Waals surface area contributed by atoms with E-state index >= 15 is 0 Å². The molecule has 2 aliphatic rings. The largest absolute Gasteiger partial charge is 0.390 e. The van der Waals surface area contributed by atoms with Gasteiger partial charge >= 0.3 is 0 Å². The molecule has 0 aromatic carbocycles. The lowest BCUT2D eigenvalue weighted by molar-refractivity contribution is -0.150. The molecule has 0 amide bonds. The smallest absolute Gasteiger partial charge is 0.146 e. The lowest BCUT2D eigenvalue weighted by Gasteiger charge is -2.53. The molecule has 2 N–H and O–H groups in total. The van der Waals surface area contributed by atoms with Gasteiger partial charge in [-0.2, -0.15) is 0 Å². The molecule has 0 bridgehead atoms. The summed E-state index contributed by atoms with van der Waals surface area (Å²) in [5.41, 5.74) is 0.468. The maximum Gasteiger partial charge on any atom is 0.146 e. The van der Waals surface area contributed by atoms with Gasteiger partial charge in [0.05, 0.1) is 12.2 Å². The van der Waals surface area contributed by atoms with Crippen molar-refractivity contribution in [2.24, 2.45) is 23.2 Å². The van der Waals surface area contributed by atoms with Crippen LogP contribution in [0.3, 0.4) is 0 Å². The lowest BCUT2D eigenvalue weighted by atomic mass is 9.54. The van der Waals surface area contributed by atoms with Gasteiger partial charge in [-0.3, -0.25) is 4.79 Å². The van der Waals surface area contributed by atoms with Crippen LogP contribution in [0.4, 0.5) is 0 Å². The fraction of sp³-hybridized carbons (Fsp3) is 0.800. The number of aliphatic hydroxyl groups excluding tert-OH is 2. The first-order chi connectivity index (χ1) is 8.41. The van der Waals surface area contributed by atoms with Gasteiger partial charge in [-0.1, -0.05) is 26.8 Å². The minimum atomic E-state index is -0.729. The number of rotatable bonds is 2. The van der Waals surface area contributed by atoms with Crippen LogP contribution in [0.1, 0.15) is 40.0 Å². The van der Waals surface area contributed by atoms with Crippen LogP contribution in [0, 0.1) is 23.2 Å². The fourth-order valence-electron chi connectivity index (χ4n) is 3.84. The monoisotopic (exact) mass is 252 g/mol. The molecule has 0 spiro atoms. The number of carbonyl (C=O) groups is 1. The van der Waals surface area contributed by atoms with Crippen molar-refractivity contribution in [2.45, 2.75) is 52.2 Å². The summed E-state index contributed by atoms with van der Waals surface area (Å²) in [5.74, 6) is 0.475. The number of carbonyl (C=O) groups excluding carboxylic acids is 1. The highest BCUT2D eigenvalue weighted by atomic mass is 16.3. The Kier molecular flexibility index (Phi) is 3.65. The molecule has 0 aliphatic heterocycles. The van der Waals surface area contributed by atoms with Gasteiger partial charge in [-0.05, 0) is 42.6 Å². The molecule has 2 aliphatic carbocycles. The Morgan fingerprint density at radius 2 is 2.11 bits per heavy atom. The Bertz CT molecular complexity index is 361. The summed E-state index contributed by atoms with van der Waals surface area (Å²) < 4.78 is 0. The van der Waals surface area contributed by atoms with Crippen LogP contribution in [0.2, 0.25) is 0 Å². The van der Waals surface area contributed by atoms with Crippen molar-refractivity contribution in [1.82, 2.24) is 0 Å². The lowest BCUT2D eigenvalue weighted by Crippen LogP contribution is -2.56. The first-order valence-corrected chi connectivity index (χ1v) is 6.93. The van der Waals surface area contributed by atoms with Crippen LogP contribution >= 0.6 is 0 Å². The van der Waals surface area contributed by atoms with Gasteiger partial charge < -0.3 is 10.2 Å². The normalized spacial score (nSPS) is 44.4. The Morgan fingerprint density at radius 3 is 2.67 bits per heavy atom. The minimum Gasteiger partial charge on any atom is -0.390 e. The summed E-state index contributed by atoms with van der Waals surface area (Å²) in [6, 6.07) is 0. The van der Waals surface area contributed by atoms with E-state index in [4.69, 9.17) is 0 Å². The first-order valence-electron chi connectivity index (χ1n) is 6.93. The van der Waals surface area contributed by atoms with Crippen LogP contribution in [0.15, 0.2) is 11.6 Å². The molecule has 0 aromatic heterocycles. The van der Waals surface area contributed by atoms with E-state index in [1.807, 2.05) is 13.0 Å². The van der Waals surface area contributed by atoms with Crippen molar-refractivity contribution in [3.8, 4) is 0 Å². The summed E-state index contributed by atoms with van der Waals surface area (Å²) >= 11 is 0. The second-order valence-electron chi connectivity index (χ2n) is 6.50. The third kappa shape index (κ3) is 1.94. The maximum atomic E-state index is 11.2. The van der Waals surface area contributed by atoms with Crippen molar-refractivity contribution in [3.63, 3.8) is 0 Å². The van der Waals surface area contributed by atoms with Gasteiger partial charge in [0.2, 0.25) is 0 Å². The summed E-state index contributed by atoms with van der Waals surface area (Å²) in [7, 11) is 0. The molecule has 2 unspecified atom stereocenters. The summed E-state index contributed by atoms with van der Waals surface area (Å²) in [4.78, 5) is 11.2. The highest BCUT2D eigenvalue weighted by Crippen LogP contribution is 2.52. The quantitative estimate of drug-likeness (QED) is 0.738. The van der Waals surface area contributed by atoms with E-state index in [0.717, 1.165) is 31.1 Å². The van der Waals surface area contributed by atoms with E-state index in [2.05, 4.69) is 13.8 Å². The molecule has 0 saturated heterocycles. The molecule has 1 fully saturated rings. The van der Waals surface area contributed by atoms with Crippen molar-refractivity contribution in [2.75, 3.05) is 0 Å². The van der Waals surface area contributed by atoms with Crippen molar-refractivity contribution >= 4 is 6.29 Å². The van der Waals surface area contributed by atoms with Crippen molar-refractivity contribution in [3.05, 3.63) is 11.6 Å². The molecule has 0 radical (unpaired) electrons. The zero-order valence-electron chi connectivity index (χ0n) is 11.5. The average molecular weight is 252 g/mol. The number of aldehydes is 1. The second kappa shape index (κ2) is 4.78. The Hall–Kier alpha value is -0.670. The van der Waals surface area contributed by atoms with Crippen molar-refractivity contribution < 1.29 is 15.0 Å². The summed E-state index contributed by atoms with van der Waals surface area (Å²) in [6.45, 7) is 6.14. The third-order valence-corrected chi connectivity index (χ3v) is 5.20. The predicted molar refractivity (Wildman–Crippen MR) is 69.9 cm³/mol. The summed E-state index contributed by atoms with van der Waals surface area (Å²) in [6.07, 6.45) is 4.00. The second-order valence-corrected chi connectivity index (χ2v) is 6.50.